The van der Waals surface area contributed by atoms with Crippen LogP contribution in [0, 0.1) is 5.41 Å². The Kier molecular flexibility index (Phi) is 6.65. The molecule has 0 aliphatic heterocycles. The molecule has 0 aromatic heterocycles. The number of benzene rings is 2. The van der Waals surface area contributed by atoms with E-state index in [-0.39, 0.29) is 10.8 Å². The van der Waals surface area contributed by atoms with Gasteiger partial charge in [0.1, 0.15) is 5.60 Å². The van der Waals surface area contributed by atoms with E-state index in [1.165, 1.54) is 0 Å². The lowest BCUT2D eigenvalue weighted by Crippen LogP contribution is -2.54. The van der Waals surface area contributed by atoms with Crippen molar-refractivity contribution < 1.29 is 20.4 Å². The topological polar surface area (TPSA) is 80.9 Å². The summed E-state index contributed by atoms with van der Waals surface area (Å²) in [4.78, 5) is 0. The molecule has 0 amide bonds. The molecular formula is C25H36O4. The third kappa shape index (κ3) is 4.26. The van der Waals surface area contributed by atoms with Gasteiger partial charge in [-0.05, 0) is 33.1 Å². The zero-order chi connectivity index (χ0) is 22.1. The second-order valence-electron chi connectivity index (χ2n) is 10.1. The summed E-state index contributed by atoms with van der Waals surface area (Å²) in [7, 11) is 0. The lowest BCUT2D eigenvalue weighted by atomic mass is 9.65. The van der Waals surface area contributed by atoms with E-state index in [2.05, 4.69) is 41.5 Å². The van der Waals surface area contributed by atoms with E-state index in [9.17, 15) is 20.4 Å². The first-order valence-corrected chi connectivity index (χ1v) is 10.1. The van der Waals surface area contributed by atoms with Crippen LogP contribution in [0.4, 0.5) is 0 Å². The number of rotatable bonds is 6. The van der Waals surface area contributed by atoms with Crippen LogP contribution in [0.5, 0.6) is 0 Å². The number of hydrogen-bond donors (Lipinski definition) is 4. The molecule has 0 aliphatic carbocycles. The Labute approximate surface area is 174 Å². The van der Waals surface area contributed by atoms with Gasteiger partial charge in [-0.15, -0.1) is 0 Å². The van der Waals surface area contributed by atoms with Gasteiger partial charge in [0, 0.05) is 0 Å². The molecule has 0 bridgehead atoms. The summed E-state index contributed by atoms with van der Waals surface area (Å²) >= 11 is 0. The highest BCUT2D eigenvalue weighted by Crippen LogP contribution is 2.45. The molecule has 2 rings (SSSR count). The number of aliphatic hydroxyl groups is 4. The fourth-order valence-electron chi connectivity index (χ4n) is 3.70. The molecule has 4 heteroatoms. The zero-order valence-corrected chi connectivity index (χ0v) is 18.5. The van der Waals surface area contributed by atoms with Gasteiger partial charge in [0.05, 0.1) is 25.2 Å². The third-order valence-electron chi connectivity index (χ3n) is 6.01. The number of aliphatic hydroxyl groups excluding tert-OH is 3. The summed E-state index contributed by atoms with van der Waals surface area (Å²) < 4.78 is 0. The van der Waals surface area contributed by atoms with Crippen molar-refractivity contribution >= 4 is 0 Å². The highest BCUT2D eigenvalue weighted by atomic mass is 16.3. The van der Waals surface area contributed by atoms with Crippen molar-refractivity contribution in [3.63, 3.8) is 0 Å². The third-order valence-corrected chi connectivity index (χ3v) is 6.01. The van der Waals surface area contributed by atoms with E-state index in [1.807, 2.05) is 48.5 Å². The molecule has 2 aromatic rings. The Balaban J connectivity index is 2.70. The highest BCUT2D eigenvalue weighted by Gasteiger charge is 2.52. The fourth-order valence-corrected chi connectivity index (χ4v) is 3.70. The van der Waals surface area contributed by atoms with E-state index >= 15 is 0 Å². The first-order chi connectivity index (χ1) is 13.4. The van der Waals surface area contributed by atoms with Gasteiger partial charge in [-0.25, -0.2) is 0 Å². The van der Waals surface area contributed by atoms with E-state index < -0.39 is 30.8 Å². The Hall–Kier alpha value is -1.72. The van der Waals surface area contributed by atoms with Crippen LogP contribution in [0.1, 0.15) is 63.8 Å². The molecule has 0 radical (unpaired) electrons. The van der Waals surface area contributed by atoms with E-state index in [4.69, 9.17) is 0 Å². The largest absolute Gasteiger partial charge is 0.395 e. The number of hydrogen-bond acceptors (Lipinski definition) is 4. The van der Waals surface area contributed by atoms with Crippen LogP contribution >= 0.6 is 0 Å². The SMILES string of the molecule is CC(C)(C)c1ccc(C(O)(c2ccc(C(C)(C)C)cc2)C(CO)(CO)CO)cc1. The molecule has 4 N–H and O–H groups in total. The molecule has 160 valence electrons. The van der Waals surface area contributed by atoms with Crippen molar-refractivity contribution in [2.75, 3.05) is 19.8 Å². The van der Waals surface area contributed by atoms with Crippen LogP contribution in [-0.4, -0.2) is 40.2 Å². The average Bonchev–Trinajstić information content (AvgIpc) is 2.68. The Morgan fingerprint density at radius 2 is 0.759 bits per heavy atom. The zero-order valence-electron chi connectivity index (χ0n) is 18.5. The quantitative estimate of drug-likeness (QED) is 0.598. The first kappa shape index (κ1) is 23.6. The molecule has 2 aromatic carbocycles. The van der Waals surface area contributed by atoms with Crippen LogP contribution in [0.3, 0.4) is 0 Å². The Morgan fingerprint density at radius 3 is 0.966 bits per heavy atom. The summed E-state index contributed by atoms with van der Waals surface area (Å²) in [6.45, 7) is 10.9. The summed E-state index contributed by atoms with van der Waals surface area (Å²) in [6.07, 6.45) is 0. The smallest absolute Gasteiger partial charge is 0.127 e. The predicted octanol–water partition coefficient (Wildman–Crippen LogP) is 3.48. The fraction of sp³-hybridized carbons (Fsp3) is 0.520. The van der Waals surface area contributed by atoms with Crippen molar-refractivity contribution in [1.82, 2.24) is 0 Å². The first-order valence-electron chi connectivity index (χ1n) is 10.1. The van der Waals surface area contributed by atoms with Crippen molar-refractivity contribution in [3.05, 3.63) is 70.8 Å². The van der Waals surface area contributed by atoms with Gasteiger partial charge in [0.2, 0.25) is 0 Å². The van der Waals surface area contributed by atoms with Crippen molar-refractivity contribution in [2.24, 2.45) is 5.41 Å². The van der Waals surface area contributed by atoms with Gasteiger partial charge in [0.15, 0.2) is 0 Å². The van der Waals surface area contributed by atoms with Crippen LogP contribution < -0.4 is 0 Å². The van der Waals surface area contributed by atoms with Crippen molar-refractivity contribution in [1.29, 1.82) is 0 Å². The maximum Gasteiger partial charge on any atom is 0.127 e. The Morgan fingerprint density at radius 1 is 0.517 bits per heavy atom. The molecule has 4 nitrogen and oxygen atoms in total. The molecule has 29 heavy (non-hydrogen) atoms. The van der Waals surface area contributed by atoms with Crippen LogP contribution in [0.25, 0.3) is 0 Å². The van der Waals surface area contributed by atoms with Crippen LogP contribution in [0.15, 0.2) is 48.5 Å². The monoisotopic (exact) mass is 400 g/mol. The molecule has 0 saturated carbocycles. The minimum absolute atomic E-state index is 0.0486. The molecule has 0 fully saturated rings. The van der Waals surface area contributed by atoms with Gasteiger partial charge in [0.25, 0.3) is 0 Å². The van der Waals surface area contributed by atoms with Crippen molar-refractivity contribution in [2.45, 2.75) is 58.0 Å². The van der Waals surface area contributed by atoms with Crippen LogP contribution in [0.2, 0.25) is 0 Å². The molecule has 0 atom stereocenters. The lowest BCUT2D eigenvalue weighted by Gasteiger charge is -2.45. The van der Waals surface area contributed by atoms with Crippen LogP contribution in [-0.2, 0) is 16.4 Å². The average molecular weight is 401 g/mol. The Bertz CT molecular complexity index is 723. The second kappa shape index (κ2) is 8.19. The highest BCUT2D eigenvalue weighted by molar-refractivity contribution is 5.43. The molecule has 0 unspecified atom stereocenters. The van der Waals surface area contributed by atoms with E-state index in [0.717, 1.165) is 11.1 Å². The summed E-state index contributed by atoms with van der Waals surface area (Å²) in [5.74, 6) is 0. The van der Waals surface area contributed by atoms with E-state index in [1.54, 1.807) is 0 Å². The molecule has 0 heterocycles. The normalized spacial score (nSPS) is 13.6. The molecule has 0 saturated heterocycles. The van der Waals surface area contributed by atoms with Crippen molar-refractivity contribution in [3.8, 4) is 0 Å². The van der Waals surface area contributed by atoms with E-state index in [0.29, 0.717) is 11.1 Å². The minimum atomic E-state index is -1.77. The minimum Gasteiger partial charge on any atom is -0.395 e. The summed E-state index contributed by atoms with van der Waals surface area (Å²) in [6, 6.07) is 15.0. The van der Waals surface area contributed by atoms with Gasteiger partial charge >= 0.3 is 0 Å². The van der Waals surface area contributed by atoms with Gasteiger partial charge in [-0.3, -0.25) is 0 Å². The van der Waals surface area contributed by atoms with Gasteiger partial charge < -0.3 is 20.4 Å². The van der Waals surface area contributed by atoms with Gasteiger partial charge in [-0.1, -0.05) is 90.1 Å². The maximum atomic E-state index is 12.0. The lowest BCUT2D eigenvalue weighted by molar-refractivity contribution is -0.136. The summed E-state index contributed by atoms with van der Waals surface area (Å²) in [5, 5.41) is 42.3. The molecule has 0 spiro atoms. The molecule has 0 aliphatic rings. The summed E-state index contributed by atoms with van der Waals surface area (Å²) in [5.41, 5.74) is -0.154. The van der Waals surface area contributed by atoms with Gasteiger partial charge in [-0.2, -0.15) is 0 Å². The molecular weight excluding hydrogens is 364 g/mol. The second-order valence-corrected chi connectivity index (χ2v) is 10.1. The predicted molar refractivity (Wildman–Crippen MR) is 117 cm³/mol. The standard InChI is InChI=1S/C25H36O4/c1-22(2,3)18-7-11-20(12-8-18)25(29,24(15-26,16-27)17-28)21-13-9-19(10-14-21)23(4,5)6/h7-14,26-29H,15-17H2,1-6H3. The maximum absolute atomic E-state index is 12.0.